The highest BCUT2D eigenvalue weighted by molar-refractivity contribution is 6.30. The fourth-order valence-corrected chi connectivity index (χ4v) is 5.23. The summed E-state index contributed by atoms with van der Waals surface area (Å²) in [6.45, 7) is 7.57. The first-order chi connectivity index (χ1) is 16.5. The number of H-pyrrole nitrogens is 1. The van der Waals surface area contributed by atoms with E-state index in [9.17, 15) is 9.90 Å². The Balaban J connectivity index is 1.28. The lowest BCUT2D eigenvalue weighted by atomic mass is 9.86. The molecule has 0 saturated carbocycles. The number of carbonyl (C=O) groups excluding carboxylic acids is 1. The normalized spacial score (nSPS) is 42.5. The van der Waals surface area contributed by atoms with Gasteiger partial charge in [-0.3, -0.25) is 0 Å². The number of halogens is 1. The van der Waals surface area contributed by atoms with Crippen LogP contribution in [0.25, 0.3) is 0 Å². The Morgan fingerprint density at radius 3 is 2.37 bits per heavy atom. The Kier molecular flexibility index (Phi) is 8.44. The van der Waals surface area contributed by atoms with Crippen molar-refractivity contribution in [3.8, 4) is 0 Å². The summed E-state index contributed by atoms with van der Waals surface area (Å²) in [7, 11) is 0. The molecule has 1 aromatic heterocycles. The lowest BCUT2D eigenvalue weighted by Crippen LogP contribution is -2.63. The zero-order valence-corrected chi connectivity index (χ0v) is 21.4. The molecular weight excluding hydrogens is 480 g/mol. The van der Waals surface area contributed by atoms with E-state index in [1.807, 2.05) is 27.7 Å². The van der Waals surface area contributed by atoms with Crippen molar-refractivity contribution in [3.63, 3.8) is 0 Å². The van der Waals surface area contributed by atoms with Gasteiger partial charge in [-0.1, -0.05) is 11.6 Å². The van der Waals surface area contributed by atoms with E-state index in [2.05, 4.69) is 4.98 Å². The molecule has 10 atom stereocenters. The number of nitrogens with two attached hydrogens (primary N) is 1. The molecule has 35 heavy (non-hydrogen) atoms. The quantitative estimate of drug-likeness (QED) is 0.488. The predicted molar refractivity (Wildman–Crippen MR) is 126 cm³/mol. The second kappa shape index (κ2) is 11.0. The number of nitrogens with one attached hydrogen (secondary N) is 1. The van der Waals surface area contributed by atoms with Crippen LogP contribution in [0.15, 0.2) is 12.3 Å². The summed E-state index contributed by atoms with van der Waals surface area (Å²) in [6, 6.07) is 1.53. The van der Waals surface area contributed by atoms with Crippen LogP contribution in [-0.4, -0.2) is 77.1 Å². The van der Waals surface area contributed by atoms with Crippen LogP contribution in [0.1, 0.15) is 70.3 Å². The molecule has 1 aromatic rings. The Hall–Kier alpha value is -1.24. The lowest BCUT2D eigenvalue weighted by Gasteiger charge is -2.48. The number of hydrogen-bond acceptors (Lipinski definition) is 9. The summed E-state index contributed by atoms with van der Waals surface area (Å²) in [4.78, 5) is 15.1. The maximum Gasteiger partial charge on any atom is 0.355 e. The van der Waals surface area contributed by atoms with Crippen LogP contribution in [0, 0.1) is 0 Å². The minimum Gasteiger partial charge on any atom is -0.455 e. The number of hydrogen-bond donors (Lipinski definition) is 3. The molecule has 10 nitrogen and oxygen atoms in total. The summed E-state index contributed by atoms with van der Waals surface area (Å²) in [6.07, 6.45) is 0.671. The van der Waals surface area contributed by atoms with Crippen molar-refractivity contribution in [1.82, 2.24) is 4.98 Å². The summed E-state index contributed by atoms with van der Waals surface area (Å²) in [5.74, 6) is -0.473. The van der Waals surface area contributed by atoms with Gasteiger partial charge in [0.05, 0.1) is 29.4 Å². The molecule has 3 aliphatic heterocycles. The third-order valence-corrected chi connectivity index (χ3v) is 7.19. The Bertz CT molecular complexity index is 866. The van der Waals surface area contributed by atoms with E-state index in [0.717, 1.165) is 0 Å². The van der Waals surface area contributed by atoms with Gasteiger partial charge < -0.3 is 44.2 Å². The molecule has 3 aliphatic rings. The molecule has 0 bridgehead atoms. The van der Waals surface area contributed by atoms with Gasteiger partial charge in [-0.05, 0) is 46.6 Å². The van der Waals surface area contributed by atoms with Crippen molar-refractivity contribution in [2.24, 2.45) is 5.73 Å². The van der Waals surface area contributed by atoms with E-state index in [1.165, 1.54) is 12.3 Å². The number of carbonyl (C=O) groups is 1. The number of aliphatic hydroxyl groups excluding tert-OH is 1. The van der Waals surface area contributed by atoms with Crippen LogP contribution in [0.2, 0.25) is 5.02 Å². The van der Waals surface area contributed by atoms with E-state index in [4.69, 9.17) is 45.8 Å². The highest BCUT2D eigenvalue weighted by Gasteiger charge is 2.47. The largest absolute Gasteiger partial charge is 0.455 e. The number of aromatic nitrogens is 1. The van der Waals surface area contributed by atoms with Gasteiger partial charge >= 0.3 is 5.97 Å². The topological polar surface area (TPSA) is 134 Å². The summed E-state index contributed by atoms with van der Waals surface area (Å²) in [5, 5.41) is 10.1. The summed E-state index contributed by atoms with van der Waals surface area (Å²) in [5.41, 5.74) is 6.26. The maximum absolute atomic E-state index is 12.3. The first kappa shape index (κ1) is 26.8. The SMILES string of the molecule is C[C@@H]1O[C@H](O[C@H]2CC[C@H](O)O[C@@H]2C)C[C@@](C)(N)[C@H]1O[C@H]1CC[C@H](OC(=O)c2cc(Cl)c[nH]2)[C@@H](C)O1. The van der Waals surface area contributed by atoms with Crippen molar-refractivity contribution in [1.29, 1.82) is 0 Å². The van der Waals surface area contributed by atoms with E-state index >= 15 is 0 Å². The second-order valence-corrected chi connectivity index (χ2v) is 10.5. The molecule has 0 aromatic carbocycles. The van der Waals surface area contributed by atoms with Crippen LogP contribution in [0.4, 0.5) is 0 Å². The second-order valence-electron chi connectivity index (χ2n) is 10.1. The average Bonchev–Trinajstić information content (AvgIpc) is 3.21. The van der Waals surface area contributed by atoms with Crippen LogP contribution in [0.5, 0.6) is 0 Å². The van der Waals surface area contributed by atoms with Crippen molar-refractivity contribution >= 4 is 17.6 Å². The molecule has 3 saturated heterocycles. The Morgan fingerprint density at radius 2 is 1.74 bits per heavy atom. The Labute approximate surface area is 210 Å². The highest BCUT2D eigenvalue weighted by atomic mass is 35.5. The molecule has 4 rings (SSSR count). The minimum absolute atomic E-state index is 0.173. The third kappa shape index (κ3) is 6.56. The van der Waals surface area contributed by atoms with E-state index in [0.29, 0.717) is 42.8 Å². The van der Waals surface area contributed by atoms with Gasteiger partial charge in [0.2, 0.25) is 0 Å². The third-order valence-electron chi connectivity index (χ3n) is 6.97. The molecule has 3 fully saturated rings. The molecule has 198 valence electrons. The molecule has 4 heterocycles. The number of esters is 1. The standard InChI is InChI=1S/C24H37ClN2O8/c1-12-17(5-7-19(28)30-12)33-21-10-24(4,26)22(14(3)32-21)35-20-8-6-18(13(2)31-20)34-23(29)16-9-15(25)11-27-16/h9,11-14,17-22,27-28H,5-8,10,26H2,1-4H3/t12-,13-,14+,17+,18+,19-,20+,21-,22+,24-/m1/s1. The van der Waals surface area contributed by atoms with Crippen LogP contribution in [-0.2, 0) is 28.4 Å². The molecular formula is C24H37ClN2O8. The lowest BCUT2D eigenvalue weighted by molar-refractivity contribution is -0.313. The fraction of sp³-hybridized carbons (Fsp3) is 0.792. The minimum atomic E-state index is -0.749. The molecule has 0 amide bonds. The smallest absolute Gasteiger partial charge is 0.355 e. The fourth-order valence-electron chi connectivity index (χ4n) is 5.07. The van der Waals surface area contributed by atoms with E-state index in [1.54, 1.807) is 0 Å². The van der Waals surface area contributed by atoms with Crippen LogP contribution in [0.3, 0.4) is 0 Å². The predicted octanol–water partition coefficient (Wildman–Crippen LogP) is 2.86. The van der Waals surface area contributed by atoms with Crippen molar-refractivity contribution < 1.29 is 38.3 Å². The maximum atomic E-state index is 12.3. The first-order valence-electron chi connectivity index (χ1n) is 12.3. The molecule has 0 unspecified atom stereocenters. The van der Waals surface area contributed by atoms with Crippen LogP contribution >= 0.6 is 11.6 Å². The average molecular weight is 517 g/mol. The van der Waals surface area contributed by atoms with Gasteiger partial charge in [-0.2, -0.15) is 0 Å². The summed E-state index contributed by atoms with van der Waals surface area (Å²) < 4.78 is 35.7. The van der Waals surface area contributed by atoms with Crippen molar-refractivity contribution in [3.05, 3.63) is 23.0 Å². The molecule has 0 radical (unpaired) electrons. The highest BCUT2D eigenvalue weighted by Crippen LogP contribution is 2.35. The molecule has 0 aliphatic carbocycles. The molecule has 4 N–H and O–H groups in total. The number of ether oxygens (including phenoxy) is 6. The monoisotopic (exact) mass is 516 g/mol. The van der Waals surface area contributed by atoms with Gasteiger partial charge in [-0.25, -0.2) is 4.79 Å². The first-order valence-corrected chi connectivity index (χ1v) is 12.7. The van der Waals surface area contributed by atoms with Crippen molar-refractivity contribution in [2.75, 3.05) is 0 Å². The Morgan fingerprint density at radius 1 is 1.06 bits per heavy atom. The zero-order valence-electron chi connectivity index (χ0n) is 20.6. The van der Waals surface area contributed by atoms with Gasteiger partial charge in [0.1, 0.15) is 17.9 Å². The van der Waals surface area contributed by atoms with Gasteiger partial charge in [0.15, 0.2) is 18.9 Å². The molecule has 0 spiro atoms. The van der Waals surface area contributed by atoms with Crippen LogP contribution < -0.4 is 5.73 Å². The van der Waals surface area contributed by atoms with E-state index in [-0.39, 0.29) is 24.4 Å². The summed E-state index contributed by atoms with van der Waals surface area (Å²) >= 11 is 5.87. The molecule has 11 heteroatoms. The van der Waals surface area contributed by atoms with Crippen molar-refractivity contribution in [2.45, 2.75) is 121 Å². The number of aromatic amines is 1. The van der Waals surface area contributed by atoms with Gasteiger partial charge in [-0.15, -0.1) is 0 Å². The van der Waals surface area contributed by atoms with Gasteiger partial charge in [0.25, 0.3) is 0 Å². The van der Waals surface area contributed by atoms with E-state index < -0.39 is 42.6 Å². The van der Waals surface area contributed by atoms with Gasteiger partial charge in [0, 0.05) is 31.0 Å². The number of rotatable bonds is 6. The number of aliphatic hydroxyl groups is 1. The zero-order chi connectivity index (χ0) is 25.3.